The first-order valence-electron chi connectivity index (χ1n) is 7.43. The van der Waals surface area contributed by atoms with Gasteiger partial charge in [-0.15, -0.1) is 0 Å². The highest BCUT2D eigenvalue weighted by Crippen LogP contribution is 2.27. The van der Waals surface area contributed by atoms with Crippen molar-refractivity contribution in [3.63, 3.8) is 0 Å². The van der Waals surface area contributed by atoms with Crippen molar-refractivity contribution in [2.45, 2.75) is 27.3 Å². The Morgan fingerprint density at radius 1 is 1.38 bits per heavy atom. The molecule has 1 aromatic carbocycles. The van der Waals surface area contributed by atoms with E-state index in [1.807, 2.05) is 30.0 Å². The predicted octanol–water partition coefficient (Wildman–Crippen LogP) is 2.66. The Bertz CT molecular complexity index is 463. The summed E-state index contributed by atoms with van der Waals surface area (Å²) in [5.41, 5.74) is 2.07. The minimum atomic E-state index is -0.00193. The number of nitrogens with zero attached hydrogens (tertiary/aromatic N) is 1. The highest BCUT2D eigenvalue weighted by molar-refractivity contribution is 6.31. The highest BCUT2D eigenvalue weighted by Gasteiger charge is 2.15. The van der Waals surface area contributed by atoms with Crippen molar-refractivity contribution in [1.82, 2.24) is 10.6 Å². The van der Waals surface area contributed by atoms with Crippen molar-refractivity contribution < 1.29 is 4.79 Å². The number of carbonyl (C=O) groups excluding carboxylic acids is 1. The van der Waals surface area contributed by atoms with E-state index in [-0.39, 0.29) is 5.91 Å². The summed E-state index contributed by atoms with van der Waals surface area (Å²) in [6.45, 7) is 9.11. The highest BCUT2D eigenvalue weighted by atomic mass is 35.5. The Kier molecular flexibility index (Phi) is 7.54. The van der Waals surface area contributed by atoms with Crippen LogP contribution in [0, 0.1) is 5.92 Å². The number of halogens is 1. The van der Waals surface area contributed by atoms with Crippen LogP contribution in [0.25, 0.3) is 0 Å². The lowest BCUT2D eigenvalue weighted by Crippen LogP contribution is -2.36. The maximum Gasteiger partial charge on any atom is 0.239 e. The fourth-order valence-electron chi connectivity index (χ4n) is 2.12. The number of benzene rings is 1. The summed E-state index contributed by atoms with van der Waals surface area (Å²) in [5, 5.41) is 6.81. The van der Waals surface area contributed by atoms with Crippen molar-refractivity contribution in [2.24, 2.45) is 5.92 Å². The summed E-state index contributed by atoms with van der Waals surface area (Å²) < 4.78 is 0. The van der Waals surface area contributed by atoms with Gasteiger partial charge >= 0.3 is 0 Å². The van der Waals surface area contributed by atoms with Crippen LogP contribution in [-0.4, -0.2) is 32.6 Å². The Balaban J connectivity index is 2.93. The number of hydrogen-bond acceptors (Lipinski definition) is 3. The zero-order valence-electron chi connectivity index (χ0n) is 13.4. The third kappa shape index (κ3) is 5.56. The molecule has 0 fully saturated rings. The van der Waals surface area contributed by atoms with Crippen LogP contribution in [0.3, 0.4) is 0 Å². The number of anilines is 1. The van der Waals surface area contributed by atoms with E-state index >= 15 is 0 Å². The van der Waals surface area contributed by atoms with E-state index in [0.717, 1.165) is 29.4 Å². The standard InChI is InChI=1S/C16H26ClN3O/c1-5-20(11-16(21)18-4)15-8-6-7-14(17)13(15)10-19-9-12(2)3/h6-8,12,19H,5,9-11H2,1-4H3,(H,18,21). The Hall–Kier alpha value is -1.26. The lowest BCUT2D eigenvalue weighted by Gasteiger charge is -2.26. The molecule has 118 valence electrons. The first kappa shape index (κ1) is 17.8. The maximum absolute atomic E-state index is 11.7. The van der Waals surface area contributed by atoms with Crippen LogP contribution in [0.4, 0.5) is 5.69 Å². The number of amides is 1. The smallest absolute Gasteiger partial charge is 0.239 e. The minimum absolute atomic E-state index is 0.00193. The molecular formula is C16H26ClN3O. The molecule has 0 unspecified atom stereocenters. The normalized spacial score (nSPS) is 10.8. The molecule has 2 N–H and O–H groups in total. The summed E-state index contributed by atoms with van der Waals surface area (Å²) in [6.07, 6.45) is 0. The molecular weight excluding hydrogens is 286 g/mol. The summed E-state index contributed by atoms with van der Waals surface area (Å²) in [5.74, 6) is 0.585. The van der Waals surface area contributed by atoms with Crippen LogP contribution >= 0.6 is 11.6 Å². The van der Waals surface area contributed by atoms with Crippen molar-refractivity contribution in [2.75, 3.05) is 31.6 Å². The Labute approximate surface area is 132 Å². The Morgan fingerprint density at radius 3 is 2.67 bits per heavy atom. The molecule has 0 radical (unpaired) electrons. The van der Waals surface area contributed by atoms with Gasteiger partial charge in [0.15, 0.2) is 0 Å². The SMILES string of the molecule is CCN(CC(=O)NC)c1cccc(Cl)c1CNCC(C)C. The molecule has 1 rings (SSSR count). The van der Waals surface area contributed by atoms with Crippen LogP contribution < -0.4 is 15.5 Å². The van der Waals surface area contributed by atoms with Gasteiger partial charge in [0.05, 0.1) is 6.54 Å². The van der Waals surface area contributed by atoms with Crippen LogP contribution in [0.15, 0.2) is 18.2 Å². The molecule has 0 heterocycles. The van der Waals surface area contributed by atoms with Gasteiger partial charge in [-0.05, 0) is 31.5 Å². The topological polar surface area (TPSA) is 44.4 Å². The van der Waals surface area contributed by atoms with Gasteiger partial charge in [0.1, 0.15) is 0 Å². The average Bonchev–Trinajstić information content (AvgIpc) is 2.46. The Morgan fingerprint density at radius 2 is 2.10 bits per heavy atom. The van der Waals surface area contributed by atoms with E-state index in [2.05, 4.69) is 24.5 Å². The summed E-state index contributed by atoms with van der Waals surface area (Å²) in [6, 6.07) is 5.84. The number of rotatable bonds is 8. The largest absolute Gasteiger partial charge is 0.362 e. The minimum Gasteiger partial charge on any atom is -0.362 e. The lowest BCUT2D eigenvalue weighted by molar-refractivity contribution is -0.119. The van der Waals surface area contributed by atoms with Gasteiger partial charge in [0.25, 0.3) is 0 Å². The zero-order valence-corrected chi connectivity index (χ0v) is 14.1. The van der Waals surface area contributed by atoms with E-state index in [1.165, 1.54) is 0 Å². The molecule has 21 heavy (non-hydrogen) atoms. The van der Waals surface area contributed by atoms with Crippen molar-refractivity contribution in [3.8, 4) is 0 Å². The van der Waals surface area contributed by atoms with Crippen molar-refractivity contribution >= 4 is 23.2 Å². The van der Waals surface area contributed by atoms with Gasteiger partial charge in [0, 0.05) is 36.4 Å². The molecule has 1 aromatic rings. The molecule has 0 aliphatic carbocycles. The van der Waals surface area contributed by atoms with E-state index < -0.39 is 0 Å². The average molecular weight is 312 g/mol. The zero-order chi connectivity index (χ0) is 15.8. The number of hydrogen-bond donors (Lipinski definition) is 2. The molecule has 4 nitrogen and oxygen atoms in total. The molecule has 0 aromatic heterocycles. The van der Waals surface area contributed by atoms with E-state index in [9.17, 15) is 4.79 Å². The van der Waals surface area contributed by atoms with Gasteiger partial charge in [-0.2, -0.15) is 0 Å². The summed E-state index contributed by atoms with van der Waals surface area (Å²) >= 11 is 6.35. The third-order valence-electron chi connectivity index (χ3n) is 3.28. The van der Waals surface area contributed by atoms with Crippen molar-refractivity contribution in [3.05, 3.63) is 28.8 Å². The molecule has 5 heteroatoms. The lowest BCUT2D eigenvalue weighted by atomic mass is 10.1. The molecule has 0 saturated heterocycles. The van der Waals surface area contributed by atoms with Crippen LogP contribution in [0.2, 0.25) is 5.02 Å². The number of likely N-dealkylation sites (N-methyl/N-ethyl adjacent to an activating group) is 2. The molecule has 0 bridgehead atoms. The number of carbonyl (C=O) groups is 1. The van der Waals surface area contributed by atoms with Crippen molar-refractivity contribution in [1.29, 1.82) is 0 Å². The quantitative estimate of drug-likeness (QED) is 0.776. The molecule has 0 atom stereocenters. The second-order valence-electron chi connectivity index (χ2n) is 5.45. The summed E-state index contributed by atoms with van der Waals surface area (Å²) in [4.78, 5) is 13.7. The predicted molar refractivity (Wildman–Crippen MR) is 90.0 cm³/mol. The second kappa shape index (κ2) is 8.90. The fourth-order valence-corrected chi connectivity index (χ4v) is 2.36. The molecule has 0 spiro atoms. The van der Waals surface area contributed by atoms with Crippen LogP contribution in [-0.2, 0) is 11.3 Å². The molecule has 0 aliphatic heterocycles. The van der Waals surface area contributed by atoms with Crippen LogP contribution in [0.5, 0.6) is 0 Å². The monoisotopic (exact) mass is 311 g/mol. The third-order valence-corrected chi connectivity index (χ3v) is 3.64. The van der Waals surface area contributed by atoms with E-state index in [0.29, 0.717) is 19.0 Å². The molecule has 0 saturated carbocycles. The number of nitrogens with one attached hydrogen (secondary N) is 2. The van der Waals surface area contributed by atoms with Gasteiger partial charge in [0.2, 0.25) is 5.91 Å². The summed E-state index contributed by atoms with van der Waals surface area (Å²) in [7, 11) is 1.65. The van der Waals surface area contributed by atoms with Gasteiger partial charge in [-0.3, -0.25) is 4.79 Å². The molecule has 0 aliphatic rings. The van der Waals surface area contributed by atoms with Gasteiger partial charge in [-0.25, -0.2) is 0 Å². The van der Waals surface area contributed by atoms with Gasteiger partial charge < -0.3 is 15.5 Å². The first-order valence-corrected chi connectivity index (χ1v) is 7.81. The van der Waals surface area contributed by atoms with Crippen LogP contribution in [0.1, 0.15) is 26.3 Å². The van der Waals surface area contributed by atoms with E-state index in [4.69, 9.17) is 11.6 Å². The molecule has 1 amide bonds. The maximum atomic E-state index is 11.7. The van der Waals surface area contributed by atoms with E-state index in [1.54, 1.807) is 7.05 Å². The fraction of sp³-hybridized carbons (Fsp3) is 0.562. The van der Waals surface area contributed by atoms with Gasteiger partial charge in [-0.1, -0.05) is 31.5 Å². The second-order valence-corrected chi connectivity index (χ2v) is 5.86. The first-order chi connectivity index (χ1) is 9.99.